The minimum atomic E-state index is -0.0241. The summed E-state index contributed by atoms with van der Waals surface area (Å²) in [5.41, 5.74) is 0.0520. The number of piperazine rings is 1. The van der Waals surface area contributed by atoms with Crippen LogP contribution in [0.2, 0.25) is 0 Å². The number of carbonyl (C=O) groups is 1. The van der Waals surface area contributed by atoms with E-state index in [9.17, 15) is 4.79 Å². The van der Waals surface area contributed by atoms with Crippen LogP contribution in [0.15, 0.2) is 0 Å². The molecule has 2 rings (SSSR count). The van der Waals surface area contributed by atoms with E-state index in [0.717, 1.165) is 38.4 Å². The van der Waals surface area contributed by atoms with Crippen molar-refractivity contribution in [2.24, 2.45) is 0 Å². The summed E-state index contributed by atoms with van der Waals surface area (Å²) in [6.45, 7) is 6.75. The molecule has 0 aliphatic carbocycles. The Morgan fingerprint density at radius 1 is 1.32 bits per heavy atom. The standard InChI is InChI=1S/C14H26N2O2S/c1-3-18-13(17)11-14(5-4-10-19-12-14)16-8-6-15(2)7-9-16/h3-12H2,1-2H3. The summed E-state index contributed by atoms with van der Waals surface area (Å²) in [6.07, 6.45) is 2.93. The van der Waals surface area contributed by atoms with Gasteiger partial charge in [-0.25, -0.2) is 0 Å². The largest absolute Gasteiger partial charge is 0.466 e. The van der Waals surface area contributed by atoms with Crippen molar-refractivity contribution in [1.29, 1.82) is 0 Å². The van der Waals surface area contributed by atoms with E-state index in [1.807, 2.05) is 18.7 Å². The van der Waals surface area contributed by atoms with Crippen molar-refractivity contribution in [2.75, 3.05) is 51.3 Å². The van der Waals surface area contributed by atoms with E-state index in [1.54, 1.807) is 0 Å². The van der Waals surface area contributed by atoms with Crippen LogP contribution in [0.3, 0.4) is 0 Å². The van der Waals surface area contributed by atoms with Gasteiger partial charge >= 0.3 is 5.97 Å². The van der Waals surface area contributed by atoms with Gasteiger partial charge in [0.1, 0.15) is 0 Å². The summed E-state index contributed by atoms with van der Waals surface area (Å²) in [5, 5.41) is 0. The lowest BCUT2D eigenvalue weighted by Crippen LogP contribution is -2.59. The van der Waals surface area contributed by atoms with E-state index < -0.39 is 0 Å². The van der Waals surface area contributed by atoms with Gasteiger partial charge in [0.25, 0.3) is 0 Å². The van der Waals surface area contributed by atoms with E-state index >= 15 is 0 Å². The maximum atomic E-state index is 12.0. The van der Waals surface area contributed by atoms with Crippen molar-refractivity contribution < 1.29 is 9.53 Å². The third-order valence-corrected chi connectivity index (χ3v) is 5.57. The van der Waals surface area contributed by atoms with Crippen molar-refractivity contribution in [1.82, 2.24) is 9.80 Å². The van der Waals surface area contributed by atoms with Crippen LogP contribution >= 0.6 is 11.8 Å². The smallest absolute Gasteiger partial charge is 0.307 e. The number of esters is 1. The lowest BCUT2D eigenvalue weighted by atomic mass is 9.88. The van der Waals surface area contributed by atoms with Crippen LogP contribution in [0, 0.1) is 0 Å². The van der Waals surface area contributed by atoms with Gasteiger partial charge in [-0.05, 0) is 32.6 Å². The van der Waals surface area contributed by atoms with E-state index in [1.165, 1.54) is 12.2 Å². The molecular formula is C14H26N2O2S. The van der Waals surface area contributed by atoms with E-state index in [0.29, 0.717) is 13.0 Å². The first kappa shape index (κ1) is 15.1. The molecule has 2 saturated heterocycles. The first-order valence-electron chi connectivity index (χ1n) is 7.33. The summed E-state index contributed by atoms with van der Waals surface area (Å²) in [4.78, 5) is 16.9. The fourth-order valence-corrected chi connectivity index (χ4v) is 4.40. The van der Waals surface area contributed by atoms with Crippen LogP contribution in [0.25, 0.3) is 0 Å². The third-order valence-electron chi connectivity index (χ3n) is 4.25. The Balaban J connectivity index is 2.03. The molecule has 0 spiro atoms. The van der Waals surface area contributed by atoms with E-state index in [2.05, 4.69) is 16.8 Å². The summed E-state index contributed by atoms with van der Waals surface area (Å²) in [5.74, 6) is 2.29. The topological polar surface area (TPSA) is 32.8 Å². The number of rotatable bonds is 4. The molecule has 5 heteroatoms. The molecule has 4 nitrogen and oxygen atoms in total. The van der Waals surface area contributed by atoms with Gasteiger partial charge in [-0.1, -0.05) is 0 Å². The Morgan fingerprint density at radius 3 is 2.63 bits per heavy atom. The van der Waals surface area contributed by atoms with Crippen molar-refractivity contribution in [2.45, 2.75) is 31.7 Å². The molecule has 0 aromatic carbocycles. The van der Waals surface area contributed by atoms with Crippen molar-refractivity contribution in [3.05, 3.63) is 0 Å². The molecule has 0 radical (unpaired) electrons. The van der Waals surface area contributed by atoms with Gasteiger partial charge in [-0.3, -0.25) is 9.69 Å². The molecule has 1 atom stereocenters. The van der Waals surface area contributed by atoms with E-state index in [-0.39, 0.29) is 11.5 Å². The molecule has 19 heavy (non-hydrogen) atoms. The molecule has 2 fully saturated rings. The number of hydrogen-bond acceptors (Lipinski definition) is 5. The molecule has 0 aromatic rings. The van der Waals surface area contributed by atoms with Gasteiger partial charge in [-0.15, -0.1) is 0 Å². The number of ether oxygens (including phenoxy) is 1. The second-order valence-corrected chi connectivity index (χ2v) is 6.76. The first-order valence-corrected chi connectivity index (χ1v) is 8.49. The molecule has 1 unspecified atom stereocenters. The van der Waals surface area contributed by atoms with Crippen LogP contribution in [-0.4, -0.2) is 72.6 Å². The number of likely N-dealkylation sites (N-methyl/N-ethyl adjacent to an activating group) is 1. The lowest BCUT2D eigenvalue weighted by molar-refractivity contribution is -0.146. The third kappa shape index (κ3) is 3.86. The summed E-state index contributed by atoms with van der Waals surface area (Å²) in [6, 6.07) is 0. The Labute approximate surface area is 120 Å². The Morgan fingerprint density at radius 2 is 2.05 bits per heavy atom. The Hall–Kier alpha value is -0.260. The van der Waals surface area contributed by atoms with Gasteiger partial charge in [0, 0.05) is 37.5 Å². The normalized spacial score (nSPS) is 30.2. The Kier molecular flexibility index (Phi) is 5.54. The first-order chi connectivity index (χ1) is 9.16. The molecule has 2 aliphatic rings. The molecule has 0 bridgehead atoms. The number of thioether (sulfide) groups is 1. The van der Waals surface area contributed by atoms with Crippen LogP contribution in [0.4, 0.5) is 0 Å². The average Bonchev–Trinajstić information content (AvgIpc) is 2.40. The zero-order chi connectivity index (χ0) is 13.7. The Bertz CT molecular complexity index is 298. The molecule has 0 aromatic heterocycles. The average molecular weight is 286 g/mol. The van der Waals surface area contributed by atoms with Gasteiger partial charge in [0.15, 0.2) is 0 Å². The molecule has 0 amide bonds. The monoisotopic (exact) mass is 286 g/mol. The van der Waals surface area contributed by atoms with Crippen molar-refractivity contribution in [3.63, 3.8) is 0 Å². The number of carbonyl (C=O) groups excluding carboxylic acids is 1. The second kappa shape index (κ2) is 6.95. The maximum Gasteiger partial charge on any atom is 0.307 e. The minimum absolute atomic E-state index is 0.0241. The highest BCUT2D eigenvalue weighted by atomic mass is 32.2. The minimum Gasteiger partial charge on any atom is -0.466 e. The molecule has 0 N–H and O–H groups in total. The zero-order valence-corrected chi connectivity index (χ0v) is 13.0. The quantitative estimate of drug-likeness (QED) is 0.731. The van der Waals surface area contributed by atoms with Crippen molar-refractivity contribution >= 4 is 17.7 Å². The van der Waals surface area contributed by atoms with Gasteiger partial charge in [-0.2, -0.15) is 11.8 Å². The van der Waals surface area contributed by atoms with Gasteiger partial charge < -0.3 is 9.64 Å². The maximum absolute atomic E-state index is 12.0. The predicted molar refractivity (Wildman–Crippen MR) is 79.6 cm³/mol. The predicted octanol–water partition coefficient (Wildman–Crippen LogP) is 1.45. The molecule has 2 aliphatic heterocycles. The number of hydrogen-bond donors (Lipinski definition) is 0. The highest BCUT2D eigenvalue weighted by molar-refractivity contribution is 7.99. The lowest BCUT2D eigenvalue weighted by Gasteiger charge is -2.48. The highest BCUT2D eigenvalue weighted by Gasteiger charge is 2.41. The van der Waals surface area contributed by atoms with Crippen LogP contribution in [0.1, 0.15) is 26.2 Å². The summed E-state index contributed by atoms with van der Waals surface area (Å²) >= 11 is 1.99. The summed E-state index contributed by atoms with van der Waals surface area (Å²) in [7, 11) is 2.17. The second-order valence-electron chi connectivity index (χ2n) is 5.65. The number of nitrogens with zero attached hydrogens (tertiary/aromatic N) is 2. The molecule has 2 heterocycles. The van der Waals surface area contributed by atoms with Crippen molar-refractivity contribution in [3.8, 4) is 0 Å². The highest BCUT2D eigenvalue weighted by Crippen LogP contribution is 2.35. The fourth-order valence-electron chi connectivity index (χ4n) is 3.10. The fraction of sp³-hybridized carbons (Fsp3) is 0.929. The zero-order valence-electron chi connectivity index (χ0n) is 12.2. The van der Waals surface area contributed by atoms with Crippen LogP contribution in [-0.2, 0) is 9.53 Å². The molecular weight excluding hydrogens is 260 g/mol. The van der Waals surface area contributed by atoms with Gasteiger partial charge in [0.2, 0.25) is 0 Å². The van der Waals surface area contributed by atoms with Crippen LogP contribution < -0.4 is 0 Å². The molecule has 0 saturated carbocycles. The van der Waals surface area contributed by atoms with E-state index in [4.69, 9.17) is 4.74 Å². The van der Waals surface area contributed by atoms with Crippen LogP contribution in [0.5, 0.6) is 0 Å². The summed E-state index contributed by atoms with van der Waals surface area (Å²) < 4.78 is 5.20. The SMILES string of the molecule is CCOC(=O)CC1(N2CCN(C)CC2)CCCSC1. The molecule has 110 valence electrons. The van der Waals surface area contributed by atoms with Gasteiger partial charge in [0.05, 0.1) is 13.0 Å².